The average Bonchev–Trinajstić information content (AvgIpc) is 3.24. The number of imidazole rings is 1. The summed E-state index contributed by atoms with van der Waals surface area (Å²) >= 11 is 0. The maximum Gasteiger partial charge on any atom is 0.321 e. The molecule has 2 saturated heterocycles. The number of hydrogen-bond donors (Lipinski definition) is 2. The Balaban J connectivity index is 1.29. The number of nitrogens with zero attached hydrogens (tertiary/aromatic N) is 4. The molecule has 2 aliphatic rings. The number of piperidine rings is 1. The van der Waals surface area contributed by atoms with Crippen LogP contribution < -0.4 is 10.6 Å². The monoisotopic (exact) mass is 342 g/mol. The van der Waals surface area contributed by atoms with Gasteiger partial charge < -0.3 is 24.8 Å². The second kappa shape index (κ2) is 6.62. The Hall–Kier alpha value is -2.77. The Morgan fingerprint density at radius 1 is 1.28 bits per heavy atom. The quantitative estimate of drug-likeness (QED) is 0.889. The lowest BCUT2D eigenvalue weighted by molar-refractivity contribution is 0.163. The maximum atomic E-state index is 12.5. The average molecular weight is 342 g/mol. The summed E-state index contributed by atoms with van der Waals surface area (Å²) in [6.07, 6.45) is 7.33. The van der Waals surface area contributed by atoms with E-state index in [1.165, 1.54) is 0 Å². The number of amides is 4. The molecule has 4 amide bonds. The molecule has 2 N–H and O–H groups in total. The van der Waals surface area contributed by atoms with E-state index in [1.54, 1.807) is 6.20 Å². The van der Waals surface area contributed by atoms with E-state index in [1.807, 2.05) is 38.7 Å². The molecule has 8 nitrogen and oxygen atoms in total. The Morgan fingerprint density at radius 2 is 2.12 bits per heavy atom. The largest absolute Gasteiger partial charge is 0.336 e. The summed E-state index contributed by atoms with van der Waals surface area (Å²) in [5.41, 5.74) is 1.56. The molecule has 25 heavy (non-hydrogen) atoms. The molecule has 132 valence electrons. The molecule has 0 spiro atoms. The molecule has 0 aromatic carbocycles. The molecule has 2 aromatic rings. The number of carbonyl (C=O) groups excluding carboxylic acids is 2. The van der Waals surface area contributed by atoms with Gasteiger partial charge in [0.1, 0.15) is 5.65 Å². The molecule has 0 atom stereocenters. The second-order valence-corrected chi connectivity index (χ2v) is 6.65. The van der Waals surface area contributed by atoms with Crippen LogP contribution in [0.25, 0.3) is 5.65 Å². The number of urea groups is 2. The molecular formula is C17H22N6O2. The highest BCUT2D eigenvalue weighted by molar-refractivity contribution is 5.89. The topological polar surface area (TPSA) is 82.0 Å². The molecule has 2 aromatic heterocycles. The molecule has 0 saturated carbocycles. The minimum absolute atomic E-state index is 0.0366. The second-order valence-electron chi connectivity index (χ2n) is 6.65. The van der Waals surface area contributed by atoms with Crippen LogP contribution in [0.5, 0.6) is 0 Å². The van der Waals surface area contributed by atoms with Gasteiger partial charge in [0.25, 0.3) is 0 Å². The van der Waals surface area contributed by atoms with Gasteiger partial charge in [0.2, 0.25) is 0 Å². The van der Waals surface area contributed by atoms with Crippen molar-refractivity contribution >= 4 is 23.4 Å². The lowest BCUT2D eigenvalue weighted by atomic mass is 9.96. The van der Waals surface area contributed by atoms with Gasteiger partial charge in [0.15, 0.2) is 0 Å². The van der Waals surface area contributed by atoms with Crippen molar-refractivity contribution in [3.8, 4) is 0 Å². The number of aromatic nitrogens is 2. The van der Waals surface area contributed by atoms with E-state index in [0.717, 1.165) is 56.9 Å². The van der Waals surface area contributed by atoms with E-state index in [0.29, 0.717) is 5.92 Å². The molecular weight excluding hydrogens is 320 g/mol. The third-order valence-corrected chi connectivity index (χ3v) is 4.97. The third-order valence-electron chi connectivity index (χ3n) is 4.97. The van der Waals surface area contributed by atoms with Crippen LogP contribution >= 0.6 is 0 Å². The molecule has 0 unspecified atom stereocenters. The SMILES string of the molecule is O=C1NCCN1CC1CCN(C(=O)Nc2ccn3ccnc3c2)CC1. The predicted octanol–water partition coefficient (Wildman–Crippen LogP) is 1.60. The van der Waals surface area contributed by atoms with Gasteiger partial charge in [-0.3, -0.25) is 0 Å². The number of fused-ring (bicyclic) bond motifs is 1. The van der Waals surface area contributed by atoms with E-state index in [-0.39, 0.29) is 12.1 Å². The zero-order valence-electron chi connectivity index (χ0n) is 14.0. The number of rotatable bonds is 3. The normalized spacial score (nSPS) is 18.6. The first kappa shape index (κ1) is 15.7. The van der Waals surface area contributed by atoms with Crippen LogP contribution in [0.4, 0.5) is 15.3 Å². The molecule has 4 heterocycles. The number of likely N-dealkylation sites (tertiary alicyclic amines) is 1. The summed E-state index contributed by atoms with van der Waals surface area (Å²) in [7, 11) is 0. The lowest BCUT2D eigenvalue weighted by Crippen LogP contribution is -2.43. The predicted molar refractivity (Wildman–Crippen MR) is 93.5 cm³/mol. The smallest absolute Gasteiger partial charge is 0.321 e. The van der Waals surface area contributed by atoms with E-state index in [9.17, 15) is 9.59 Å². The summed E-state index contributed by atoms with van der Waals surface area (Å²) < 4.78 is 1.90. The van der Waals surface area contributed by atoms with Gasteiger partial charge in [-0.1, -0.05) is 0 Å². The van der Waals surface area contributed by atoms with Crippen molar-refractivity contribution < 1.29 is 9.59 Å². The highest BCUT2D eigenvalue weighted by Gasteiger charge is 2.27. The van der Waals surface area contributed by atoms with Crippen LogP contribution in [0, 0.1) is 5.92 Å². The van der Waals surface area contributed by atoms with Crippen LogP contribution in [0.3, 0.4) is 0 Å². The van der Waals surface area contributed by atoms with E-state index in [4.69, 9.17) is 0 Å². The van der Waals surface area contributed by atoms with E-state index in [2.05, 4.69) is 15.6 Å². The van der Waals surface area contributed by atoms with Crippen LogP contribution in [-0.4, -0.2) is 64.0 Å². The van der Waals surface area contributed by atoms with Gasteiger partial charge >= 0.3 is 12.1 Å². The number of carbonyl (C=O) groups is 2. The molecule has 2 aliphatic heterocycles. The van der Waals surface area contributed by atoms with Crippen molar-refractivity contribution in [1.82, 2.24) is 24.5 Å². The summed E-state index contributed by atoms with van der Waals surface area (Å²) in [4.78, 5) is 32.0. The van der Waals surface area contributed by atoms with Gasteiger partial charge in [-0.2, -0.15) is 0 Å². The maximum absolute atomic E-state index is 12.5. The van der Waals surface area contributed by atoms with Crippen molar-refractivity contribution in [1.29, 1.82) is 0 Å². The third kappa shape index (κ3) is 3.38. The van der Waals surface area contributed by atoms with Crippen LogP contribution in [0.15, 0.2) is 30.7 Å². The molecule has 0 aliphatic carbocycles. The Kier molecular flexibility index (Phi) is 4.17. The van der Waals surface area contributed by atoms with Gasteiger partial charge in [0.05, 0.1) is 0 Å². The molecule has 8 heteroatoms. The number of hydrogen-bond acceptors (Lipinski definition) is 3. The number of pyridine rings is 1. The first-order valence-electron chi connectivity index (χ1n) is 8.70. The van der Waals surface area contributed by atoms with Crippen molar-refractivity contribution in [2.24, 2.45) is 5.92 Å². The first-order valence-corrected chi connectivity index (χ1v) is 8.70. The molecule has 4 rings (SSSR count). The fourth-order valence-electron chi connectivity index (χ4n) is 3.51. The van der Waals surface area contributed by atoms with Crippen molar-refractivity contribution in [3.05, 3.63) is 30.7 Å². The van der Waals surface area contributed by atoms with Crippen molar-refractivity contribution in [3.63, 3.8) is 0 Å². The van der Waals surface area contributed by atoms with Gasteiger partial charge in [-0.15, -0.1) is 0 Å². The highest BCUT2D eigenvalue weighted by Crippen LogP contribution is 2.20. The minimum Gasteiger partial charge on any atom is -0.336 e. The van der Waals surface area contributed by atoms with Gasteiger partial charge in [-0.25, -0.2) is 14.6 Å². The summed E-state index contributed by atoms with van der Waals surface area (Å²) in [6, 6.07) is 3.69. The zero-order chi connectivity index (χ0) is 17.2. The molecule has 2 fully saturated rings. The first-order chi connectivity index (χ1) is 12.2. The number of nitrogens with one attached hydrogen (secondary N) is 2. The van der Waals surface area contributed by atoms with Crippen LogP contribution in [0.2, 0.25) is 0 Å². The fraction of sp³-hybridized carbons (Fsp3) is 0.471. The molecule has 0 bridgehead atoms. The Bertz CT molecular complexity index is 780. The zero-order valence-corrected chi connectivity index (χ0v) is 14.0. The van der Waals surface area contributed by atoms with Gasteiger partial charge in [0, 0.05) is 63.1 Å². The lowest BCUT2D eigenvalue weighted by Gasteiger charge is -2.33. The standard InChI is InChI=1S/C17H22N6O2/c24-16-19-5-10-23(16)12-13-1-6-22(7-2-13)17(25)20-14-3-8-21-9-4-18-15(21)11-14/h3-4,8-9,11,13H,1-2,5-7,10,12H2,(H,19,24)(H,20,25). The van der Waals surface area contributed by atoms with Crippen molar-refractivity contribution in [2.75, 3.05) is 38.0 Å². The Labute approximate surface area is 145 Å². The van der Waals surface area contributed by atoms with E-state index < -0.39 is 0 Å². The minimum atomic E-state index is -0.0757. The Morgan fingerprint density at radius 3 is 2.88 bits per heavy atom. The highest BCUT2D eigenvalue weighted by atomic mass is 16.2. The van der Waals surface area contributed by atoms with Crippen LogP contribution in [0.1, 0.15) is 12.8 Å². The molecule has 0 radical (unpaired) electrons. The van der Waals surface area contributed by atoms with Crippen molar-refractivity contribution in [2.45, 2.75) is 12.8 Å². The summed E-state index contributed by atoms with van der Waals surface area (Å²) in [6.45, 7) is 3.75. The summed E-state index contributed by atoms with van der Waals surface area (Å²) in [5.74, 6) is 0.467. The fourth-order valence-corrected chi connectivity index (χ4v) is 3.51. The van der Waals surface area contributed by atoms with E-state index >= 15 is 0 Å². The van der Waals surface area contributed by atoms with Gasteiger partial charge in [-0.05, 0) is 24.8 Å². The summed E-state index contributed by atoms with van der Waals surface area (Å²) in [5, 5.41) is 5.78. The van der Waals surface area contributed by atoms with Crippen LogP contribution in [-0.2, 0) is 0 Å². The number of anilines is 1.